The minimum Gasteiger partial charge on any atom is -0.376 e. The Kier molecular flexibility index (Phi) is 5.46. The minimum absolute atomic E-state index is 0.0888. The van der Waals surface area contributed by atoms with Crippen LogP contribution in [0.15, 0.2) is 24.3 Å². The van der Waals surface area contributed by atoms with Crippen LogP contribution in [0.4, 0.5) is 9.18 Å². The number of benzene rings is 1. The monoisotopic (exact) mass is 322 g/mol. The Labute approximate surface area is 135 Å². The van der Waals surface area contributed by atoms with Crippen LogP contribution in [0.25, 0.3) is 0 Å². The molecule has 2 saturated heterocycles. The van der Waals surface area contributed by atoms with Gasteiger partial charge in [-0.25, -0.2) is 9.18 Å². The van der Waals surface area contributed by atoms with Crippen molar-refractivity contribution in [3.05, 3.63) is 35.6 Å². The van der Waals surface area contributed by atoms with Crippen LogP contribution in [0.1, 0.15) is 30.9 Å². The van der Waals surface area contributed by atoms with Crippen molar-refractivity contribution in [1.29, 1.82) is 0 Å². The Morgan fingerprint density at radius 2 is 1.87 bits per heavy atom. The summed E-state index contributed by atoms with van der Waals surface area (Å²) in [5, 5.41) is 5.75. The molecule has 23 heavy (non-hydrogen) atoms. The van der Waals surface area contributed by atoms with Gasteiger partial charge in [-0.3, -0.25) is 0 Å². The molecule has 6 heteroatoms. The van der Waals surface area contributed by atoms with Crippen molar-refractivity contribution in [2.24, 2.45) is 5.92 Å². The molecule has 0 bridgehead atoms. The molecule has 0 radical (unpaired) electrons. The van der Waals surface area contributed by atoms with Gasteiger partial charge in [0.1, 0.15) is 5.82 Å². The molecule has 2 heterocycles. The molecule has 2 fully saturated rings. The highest BCUT2D eigenvalue weighted by molar-refractivity contribution is 5.73. The van der Waals surface area contributed by atoms with Crippen LogP contribution in [0, 0.1) is 11.7 Å². The zero-order chi connectivity index (χ0) is 16.1. The van der Waals surface area contributed by atoms with E-state index < -0.39 is 0 Å². The number of carbonyl (C=O) groups is 1. The highest BCUT2D eigenvalue weighted by Crippen LogP contribution is 2.34. The molecule has 1 aromatic rings. The summed E-state index contributed by atoms with van der Waals surface area (Å²) in [4.78, 5) is 11.9. The van der Waals surface area contributed by atoms with E-state index in [2.05, 4.69) is 10.6 Å². The lowest BCUT2D eigenvalue weighted by atomic mass is 9.95. The topological polar surface area (TPSA) is 59.6 Å². The second-order valence-electron chi connectivity index (χ2n) is 6.12. The highest BCUT2D eigenvalue weighted by Gasteiger charge is 2.30. The van der Waals surface area contributed by atoms with E-state index >= 15 is 0 Å². The molecular formula is C17H23FN2O3. The second-order valence-corrected chi connectivity index (χ2v) is 6.12. The third kappa shape index (κ3) is 4.42. The average molecular weight is 322 g/mol. The summed E-state index contributed by atoms with van der Waals surface area (Å²) in [5.41, 5.74) is 0.954. The number of rotatable bonds is 5. The van der Waals surface area contributed by atoms with E-state index in [0.717, 1.165) is 31.4 Å². The molecule has 3 rings (SSSR count). The maximum Gasteiger partial charge on any atom is 0.314 e. The molecule has 5 nitrogen and oxygen atoms in total. The Bertz CT molecular complexity index is 517. The standard InChI is InChI=1S/C17H23FN2O3/c18-14-5-3-12(4-6-14)16-13(7-9-23-16)10-19-17(21)20-11-15-2-1-8-22-15/h3-6,13,15-16H,1-2,7-11H2,(H2,19,20,21)/t13-,15?,16-/m0/s1. The van der Waals surface area contributed by atoms with Crippen molar-refractivity contribution in [2.45, 2.75) is 31.5 Å². The lowest BCUT2D eigenvalue weighted by molar-refractivity contribution is 0.0906. The molecule has 126 valence electrons. The molecular weight excluding hydrogens is 299 g/mol. The number of hydrogen-bond acceptors (Lipinski definition) is 3. The van der Waals surface area contributed by atoms with Crippen molar-refractivity contribution >= 4 is 6.03 Å². The van der Waals surface area contributed by atoms with E-state index in [9.17, 15) is 9.18 Å². The Hall–Kier alpha value is -1.66. The molecule has 2 N–H and O–H groups in total. The van der Waals surface area contributed by atoms with E-state index in [1.165, 1.54) is 12.1 Å². The van der Waals surface area contributed by atoms with E-state index in [1.807, 2.05) is 0 Å². The number of carbonyl (C=O) groups excluding carboxylic acids is 1. The van der Waals surface area contributed by atoms with Crippen molar-refractivity contribution in [1.82, 2.24) is 10.6 Å². The highest BCUT2D eigenvalue weighted by atomic mass is 19.1. The summed E-state index contributed by atoms with van der Waals surface area (Å²) in [6.07, 6.45) is 3.00. The normalized spacial score (nSPS) is 27.1. The van der Waals surface area contributed by atoms with Gasteiger partial charge in [0.2, 0.25) is 0 Å². The average Bonchev–Trinajstić information content (AvgIpc) is 3.23. The molecule has 0 aliphatic carbocycles. The van der Waals surface area contributed by atoms with Gasteiger partial charge in [0.15, 0.2) is 0 Å². The van der Waals surface area contributed by atoms with E-state index in [-0.39, 0.29) is 30.0 Å². The van der Waals surface area contributed by atoms with Crippen LogP contribution in [0.2, 0.25) is 0 Å². The summed E-state index contributed by atoms with van der Waals surface area (Å²) >= 11 is 0. The van der Waals surface area contributed by atoms with E-state index in [0.29, 0.717) is 19.7 Å². The Morgan fingerprint density at radius 1 is 1.09 bits per heavy atom. The number of urea groups is 1. The van der Waals surface area contributed by atoms with Crippen molar-refractivity contribution in [2.75, 3.05) is 26.3 Å². The van der Waals surface area contributed by atoms with Gasteiger partial charge in [-0.1, -0.05) is 12.1 Å². The van der Waals surface area contributed by atoms with Gasteiger partial charge < -0.3 is 20.1 Å². The van der Waals surface area contributed by atoms with Crippen LogP contribution in [-0.2, 0) is 9.47 Å². The van der Waals surface area contributed by atoms with Crippen LogP contribution < -0.4 is 10.6 Å². The SMILES string of the molecule is O=C(NCC1CCCO1)NC[C@@H]1CCO[C@H]1c1ccc(F)cc1. The minimum atomic E-state index is -0.255. The fourth-order valence-corrected chi connectivity index (χ4v) is 3.16. The van der Waals surface area contributed by atoms with E-state index in [1.54, 1.807) is 12.1 Å². The zero-order valence-electron chi connectivity index (χ0n) is 13.1. The molecule has 2 aliphatic heterocycles. The predicted molar refractivity (Wildman–Crippen MR) is 83.6 cm³/mol. The summed E-state index contributed by atoms with van der Waals surface area (Å²) in [5.74, 6) is -0.0520. The first-order valence-corrected chi connectivity index (χ1v) is 8.23. The Balaban J connectivity index is 1.44. The fourth-order valence-electron chi connectivity index (χ4n) is 3.16. The zero-order valence-corrected chi connectivity index (χ0v) is 13.1. The molecule has 0 aromatic heterocycles. The third-order valence-electron chi connectivity index (χ3n) is 4.45. The molecule has 0 saturated carbocycles. The molecule has 0 spiro atoms. The predicted octanol–water partition coefficient (Wildman–Crippen LogP) is 2.38. The first-order chi connectivity index (χ1) is 11.2. The third-order valence-corrected chi connectivity index (χ3v) is 4.45. The lowest BCUT2D eigenvalue weighted by Crippen LogP contribution is -2.41. The van der Waals surface area contributed by atoms with Gasteiger partial charge in [-0.05, 0) is 37.0 Å². The lowest BCUT2D eigenvalue weighted by Gasteiger charge is -2.20. The van der Waals surface area contributed by atoms with Crippen LogP contribution in [-0.4, -0.2) is 38.4 Å². The number of hydrogen-bond donors (Lipinski definition) is 2. The van der Waals surface area contributed by atoms with Gasteiger partial charge in [0, 0.05) is 32.2 Å². The van der Waals surface area contributed by atoms with Gasteiger partial charge in [0.25, 0.3) is 0 Å². The first-order valence-electron chi connectivity index (χ1n) is 8.23. The van der Waals surface area contributed by atoms with Crippen LogP contribution in [0.5, 0.6) is 0 Å². The molecule has 1 unspecified atom stereocenters. The number of nitrogens with one attached hydrogen (secondary N) is 2. The summed E-state index contributed by atoms with van der Waals surface area (Å²) in [7, 11) is 0. The number of amides is 2. The molecule has 1 aromatic carbocycles. The summed E-state index contributed by atoms with van der Waals surface area (Å²) < 4.78 is 24.2. The van der Waals surface area contributed by atoms with Crippen molar-refractivity contribution in [3.63, 3.8) is 0 Å². The van der Waals surface area contributed by atoms with E-state index in [4.69, 9.17) is 9.47 Å². The fraction of sp³-hybridized carbons (Fsp3) is 0.588. The van der Waals surface area contributed by atoms with Gasteiger partial charge in [-0.2, -0.15) is 0 Å². The maximum atomic E-state index is 13.0. The molecule has 3 atom stereocenters. The number of halogens is 1. The van der Waals surface area contributed by atoms with Crippen LogP contribution >= 0.6 is 0 Å². The van der Waals surface area contributed by atoms with Gasteiger partial charge in [0.05, 0.1) is 12.2 Å². The number of ether oxygens (including phenoxy) is 2. The second kappa shape index (κ2) is 7.75. The quantitative estimate of drug-likeness (QED) is 0.875. The molecule has 2 aliphatic rings. The largest absolute Gasteiger partial charge is 0.376 e. The first kappa shape index (κ1) is 16.2. The smallest absolute Gasteiger partial charge is 0.314 e. The van der Waals surface area contributed by atoms with Crippen molar-refractivity contribution in [3.8, 4) is 0 Å². The van der Waals surface area contributed by atoms with Gasteiger partial charge in [-0.15, -0.1) is 0 Å². The Morgan fingerprint density at radius 3 is 2.61 bits per heavy atom. The summed E-state index contributed by atoms with van der Waals surface area (Å²) in [6.45, 7) is 2.53. The maximum absolute atomic E-state index is 13.0. The summed E-state index contributed by atoms with van der Waals surface area (Å²) in [6, 6.07) is 6.20. The molecule has 2 amide bonds. The van der Waals surface area contributed by atoms with Crippen LogP contribution in [0.3, 0.4) is 0 Å². The van der Waals surface area contributed by atoms with Crippen molar-refractivity contribution < 1.29 is 18.7 Å². The van der Waals surface area contributed by atoms with Gasteiger partial charge >= 0.3 is 6.03 Å².